The number of benzene rings is 1. The van der Waals surface area contributed by atoms with Crippen molar-refractivity contribution < 1.29 is 13.2 Å². The lowest BCUT2D eigenvalue weighted by Crippen LogP contribution is -2.14. The fourth-order valence-electron chi connectivity index (χ4n) is 2.47. The second-order valence-corrected chi connectivity index (χ2v) is 6.40. The second kappa shape index (κ2) is 7.96. The minimum Gasteiger partial charge on any atom is -0.354 e. The molecule has 142 valence electrons. The van der Waals surface area contributed by atoms with Crippen molar-refractivity contribution in [2.45, 2.75) is 26.1 Å². The van der Waals surface area contributed by atoms with Crippen molar-refractivity contribution in [2.75, 3.05) is 11.9 Å². The molecule has 0 unspecified atom stereocenters. The lowest BCUT2D eigenvalue weighted by molar-refractivity contribution is -0.141. The minimum absolute atomic E-state index is 0.0635. The molecule has 0 saturated heterocycles. The van der Waals surface area contributed by atoms with Gasteiger partial charge in [-0.3, -0.25) is 4.68 Å². The van der Waals surface area contributed by atoms with Crippen molar-refractivity contribution >= 4 is 17.5 Å². The monoisotopic (exact) mass is 395 g/mol. The smallest absolute Gasteiger partial charge is 0.354 e. The predicted molar refractivity (Wildman–Crippen MR) is 97.6 cm³/mol. The van der Waals surface area contributed by atoms with Gasteiger partial charge in [0, 0.05) is 29.9 Å². The maximum absolute atomic E-state index is 13.2. The van der Waals surface area contributed by atoms with Crippen LogP contribution in [-0.4, -0.2) is 26.3 Å². The minimum atomic E-state index is -4.56. The normalized spacial score (nSPS) is 11.6. The molecule has 0 radical (unpaired) electrons. The topological polar surface area (TPSA) is 55.6 Å². The third kappa shape index (κ3) is 5.19. The number of nitrogens with zero attached hydrogens (tertiary/aromatic N) is 4. The Hall–Kier alpha value is -2.61. The van der Waals surface area contributed by atoms with Gasteiger partial charge in [-0.15, -0.1) is 0 Å². The number of hydrogen-bond donors (Lipinski definition) is 1. The van der Waals surface area contributed by atoms with Gasteiger partial charge in [-0.25, -0.2) is 9.97 Å². The van der Waals surface area contributed by atoms with E-state index in [1.54, 1.807) is 28.9 Å². The highest BCUT2D eigenvalue weighted by atomic mass is 35.5. The molecule has 5 nitrogen and oxygen atoms in total. The van der Waals surface area contributed by atoms with E-state index in [0.29, 0.717) is 30.1 Å². The number of rotatable bonds is 6. The van der Waals surface area contributed by atoms with E-state index in [0.717, 1.165) is 11.8 Å². The lowest BCUT2D eigenvalue weighted by Gasteiger charge is -2.12. The maximum Gasteiger partial charge on any atom is 0.433 e. The maximum atomic E-state index is 13.2. The van der Waals surface area contributed by atoms with E-state index in [2.05, 4.69) is 20.4 Å². The molecule has 3 aromatic rings. The summed E-state index contributed by atoms with van der Waals surface area (Å²) < 4.78 is 41.3. The summed E-state index contributed by atoms with van der Waals surface area (Å²) >= 11 is 5.84. The highest BCUT2D eigenvalue weighted by Crippen LogP contribution is 2.31. The Morgan fingerprint density at radius 3 is 2.48 bits per heavy atom. The number of halogens is 4. The summed E-state index contributed by atoms with van der Waals surface area (Å²) in [5, 5.41) is 7.62. The summed E-state index contributed by atoms with van der Waals surface area (Å²) in [6, 6.07) is 9.27. The summed E-state index contributed by atoms with van der Waals surface area (Å²) in [6.45, 7) is 2.95. The first kappa shape index (κ1) is 19.2. The number of aryl methyl sites for hydroxylation is 2. The van der Waals surface area contributed by atoms with Crippen molar-refractivity contribution in [1.29, 1.82) is 0 Å². The first-order valence-electron chi connectivity index (χ1n) is 8.27. The zero-order valence-corrected chi connectivity index (χ0v) is 15.2. The molecule has 2 aromatic heterocycles. The van der Waals surface area contributed by atoms with Crippen molar-refractivity contribution in [2.24, 2.45) is 0 Å². The molecular formula is C18H17ClF3N5. The van der Waals surface area contributed by atoms with Gasteiger partial charge in [0.25, 0.3) is 0 Å². The van der Waals surface area contributed by atoms with Crippen LogP contribution in [0.1, 0.15) is 17.8 Å². The Morgan fingerprint density at radius 1 is 1.11 bits per heavy atom. The zero-order valence-electron chi connectivity index (χ0n) is 14.5. The number of aromatic nitrogens is 4. The summed E-state index contributed by atoms with van der Waals surface area (Å²) in [6.07, 6.45) is -2.04. The molecule has 0 aliphatic carbocycles. The highest BCUT2D eigenvalue weighted by molar-refractivity contribution is 6.30. The number of anilines is 1. The molecule has 0 spiro atoms. The molecule has 3 rings (SSSR count). The molecule has 1 N–H and O–H groups in total. The van der Waals surface area contributed by atoms with Gasteiger partial charge in [-0.05, 0) is 37.6 Å². The van der Waals surface area contributed by atoms with Gasteiger partial charge in [0.2, 0.25) is 5.95 Å². The Bertz CT molecular complexity index is 906. The third-order valence-electron chi connectivity index (χ3n) is 3.78. The van der Waals surface area contributed by atoms with Crippen LogP contribution in [0.15, 0.2) is 42.6 Å². The molecule has 2 heterocycles. The molecule has 0 amide bonds. The molecule has 0 atom stereocenters. The van der Waals surface area contributed by atoms with Crippen LogP contribution in [0.25, 0.3) is 11.3 Å². The average molecular weight is 396 g/mol. The van der Waals surface area contributed by atoms with Crippen LogP contribution in [0.3, 0.4) is 0 Å². The molecule has 0 bridgehead atoms. The lowest BCUT2D eigenvalue weighted by atomic mass is 10.1. The Labute approximate surface area is 159 Å². The van der Waals surface area contributed by atoms with Crippen molar-refractivity contribution in [1.82, 2.24) is 19.7 Å². The summed E-state index contributed by atoms with van der Waals surface area (Å²) in [5.74, 6) is -0.0635. The van der Waals surface area contributed by atoms with Crippen LogP contribution in [0.5, 0.6) is 0 Å². The summed E-state index contributed by atoms with van der Waals surface area (Å²) in [5.41, 5.74) is 0.631. The number of nitrogens with one attached hydrogen (secondary N) is 1. The second-order valence-electron chi connectivity index (χ2n) is 5.97. The van der Waals surface area contributed by atoms with E-state index in [4.69, 9.17) is 11.6 Å². The Morgan fingerprint density at radius 2 is 1.85 bits per heavy atom. The molecule has 0 fully saturated rings. The van der Waals surface area contributed by atoms with E-state index in [1.165, 1.54) is 0 Å². The van der Waals surface area contributed by atoms with Gasteiger partial charge in [-0.2, -0.15) is 18.3 Å². The molecule has 1 aromatic carbocycles. The standard InChI is InChI=1S/C18H17ClF3N5/c1-12-7-10-27(26-12)9-2-8-23-17-24-15(11-16(25-17)18(20,21)22)13-3-5-14(19)6-4-13/h3-7,10-11H,2,8-9H2,1H3,(H,23,24,25). The molecule has 9 heteroatoms. The first-order valence-corrected chi connectivity index (χ1v) is 8.65. The number of hydrogen-bond acceptors (Lipinski definition) is 4. The van der Waals surface area contributed by atoms with Gasteiger partial charge in [-0.1, -0.05) is 23.7 Å². The quantitative estimate of drug-likeness (QED) is 0.608. The Kier molecular flexibility index (Phi) is 5.65. The summed E-state index contributed by atoms with van der Waals surface area (Å²) in [4.78, 5) is 7.81. The van der Waals surface area contributed by atoms with Crippen LogP contribution >= 0.6 is 11.6 Å². The van der Waals surface area contributed by atoms with Crippen molar-refractivity contribution in [3.8, 4) is 11.3 Å². The van der Waals surface area contributed by atoms with Crippen molar-refractivity contribution in [3.05, 3.63) is 59.0 Å². The van der Waals surface area contributed by atoms with E-state index in [9.17, 15) is 13.2 Å². The molecule has 0 aliphatic heterocycles. The highest BCUT2D eigenvalue weighted by Gasteiger charge is 2.33. The summed E-state index contributed by atoms with van der Waals surface area (Å²) in [7, 11) is 0. The SMILES string of the molecule is Cc1ccn(CCCNc2nc(-c3ccc(Cl)cc3)cc(C(F)(F)F)n2)n1. The third-order valence-corrected chi connectivity index (χ3v) is 4.03. The molecule has 27 heavy (non-hydrogen) atoms. The largest absolute Gasteiger partial charge is 0.433 e. The molecular weight excluding hydrogens is 379 g/mol. The van der Waals surface area contributed by atoms with Crippen LogP contribution in [0.4, 0.5) is 19.1 Å². The first-order chi connectivity index (χ1) is 12.8. The van der Waals surface area contributed by atoms with E-state index >= 15 is 0 Å². The van der Waals surface area contributed by atoms with E-state index in [1.807, 2.05) is 19.2 Å². The van der Waals surface area contributed by atoms with Crippen molar-refractivity contribution in [3.63, 3.8) is 0 Å². The fourth-order valence-corrected chi connectivity index (χ4v) is 2.59. The van der Waals surface area contributed by atoms with Gasteiger partial charge in [0.1, 0.15) is 0 Å². The van der Waals surface area contributed by atoms with E-state index in [-0.39, 0.29) is 11.6 Å². The average Bonchev–Trinajstić information content (AvgIpc) is 3.04. The van der Waals surface area contributed by atoms with Crippen LogP contribution in [-0.2, 0) is 12.7 Å². The van der Waals surface area contributed by atoms with Gasteiger partial charge in [0.05, 0.1) is 11.4 Å². The Balaban J connectivity index is 1.75. The predicted octanol–water partition coefficient (Wildman–Crippen LogP) is 4.82. The van der Waals surface area contributed by atoms with Crippen LogP contribution < -0.4 is 5.32 Å². The van der Waals surface area contributed by atoms with Crippen LogP contribution in [0, 0.1) is 6.92 Å². The zero-order chi connectivity index (χ0) is 19.4. The van der Waals surface area contributed by atoms with E-state index < -0.39 is 11.9 Å². The number of alkyl halides is 3. The van der Waals surface area contributed by atoms with Gasteiger partial charge in [0.15, 0.2) is 5.69 Å². The van der Waals surface area contributed by atoms with Gasteiger partial charge < -0.3 is 5.32 Å². The van der Waals surface area contributed by atoms with Crippen LogP contribution in [0.2, 0.25) is 5.02 Å². The fraction of sp³-hybridized carbons (Fsp3) is 0.278. The molecule has 0 saturated carbocycles. The molecule has 0 aliphatic rings. The van der Waals surface area contributed by atoms with Gasteiger partial charge >= 0.3 is 6.18 Å².